The van der Waals surface area contributed by atoms with Gasteiger partial charge in [0.15, 0.2) is 4.34 Å². The molecule has 21 heavy (non-hydrogen) atoms. The van der Waals surface area contributed by atoms with Gasteiger partial charge in [-0.2, -0.15) is 0 Å². The van der Waals surface area contributed by atoms with Crippen molar-refractivity contribution in [2.24, 2.45) is 0 Å². The molecular weight excluding hydrogens is 300 g/mol. The monoisotopic (exact) mass is 316 g/mol. The second-order valence-electron chi connectivity index (χ2n) is 4.58. The highest BCUT2D eigenvalue weighted by Gasteiger charge is 2.05. The summed E-state index contributed by atoms with van der Waals surface area (Å²) in [6.45, 7) is 3.07. The van der Waals surface area contributed by atoms with Crippen molar-refractivity contribution >= 4 is 39.1 Å². The van der Waals surface area contributed by atoms with E-state index in [0.29, 0.717) is 0 Å². The molecule has 3 rings (SSSR count). The van der Waals surface area contributed by atoms with E-state index in [4.69, 9.17) is 0 Å². The quantitative estimate of drug-likeness (QED) is 0.691. The van der Waals surface area contributed by atoms with Crippen LogP contribution in [-0.4, -0.2) is 21.7 Å². The highest BCUT2D eigenvalue weighted by Crippen LogP contribution is 2.28. The second-order valence-corrected chi connectivity index (χ2v) is 6.78. The molecule has 0 spiro atoms. The van der Waals surface area contributed by atoms with Crippen molar-refractivity contribution in [2.75, 3.05) is 11.9 Å². The van der Waals surface area contributed by atoms with Crippen LogP contribution in [0, 0.1) is 0 Å². The van der Waals surface area contributed by atoms with Crippen LogP contribution in [0.3, 0.4) is 0 Å². The van der Waals surface area contributed by atoms with Crippen LogP contribution < -0.4 is 5.32 Å². The summed E-state index contributed by atoms with van der Waals surface area (Å²) in [7, 11) is 0. The molecule has 2 aromatic heterocycles. The molecule has 0 atom stereocenters. The van der Waals surface area contributed by atoms with Gasteiger partial charge in [0.25, 0.3) is 0 Å². The molecular formula is C15H16N4S2. The third-order valence-electron chi connectivity index (χ3n) is 2.93. The molecule has 0 saturated heterocycles. The van der Waals surface area contributed by atoms with Gasteiger partial charge in [-0.15, -0.1) is 10.2 Å². The summed E-state index contributed by atoms with van der Waals surface area (Å²) in [6, 6.07) is 12.4. The van der Waals surface area contributed by atoms with Crippen LogP contribution in [0.2, 0.25) is 0 Å². The lowest BCUT2D eigenvalue weighted by atomic mass is 10.2. The highest BCUT2D eigenvalue weighted by molar-refractivity contribution is 8.00. The van der Waals surface area contributed by atoms with E-state index >= 15 is 0 Å². The van der Waals surface area contributed by atoms with Crippen LogP contribution in [0.1, 0.15) is 19.0 Å². The van der Waals surface area contributed by atoms with Crippen molar-refractivity contribution in [1.29, 1.82) is 0 Å². The van der Waals surface area contributed by atoms with Gasteiger partial charge in [-0.3, -0.25) is 4.98 Å². The third-order valence-corrected chi connectivity index (χ3v) is 4.98. The fourth-order valence-electron chi connectivity index (χ4n) is 1.90. The Morgan fingerprint density at radius 3 is 2.95 bits per heavy atom. The summed E-state index contributed by atoms with van der Waals surface area (Å²) in [5, 5.41) is 13.6. The predicted molar refractivity (Wildman–Crippen MR) is 90.0 cm³/mol. The molecule has 0 aliphatic heterocycles. The van der Waals surface area contributed by atoms with Crippen molar-refractivity contribution < 1.29 is 0 Å². The molecule has 3 aromatic rings. The van der Waals surface area contributed by atoms with E-state index in [0.717, 1.165) is 39.4 Å². The maximum atomic E-state index is 4.67. The van der Waals surface area contributed by atoms with E-state index in [1.54, 1.807) is 23.1 Å². The van der Waals surface area contributed by atoms with Gasteiger partial charge in [-0.05, 0) is 18.6 Å². The second kappa shape index (κ2) is 6.87. The summed E-state index contributed by atoms with van der Waals surface area (Å²) < 4.78 is 0.976. The summed E-state index contributed by atoms with van der Waals surface area (Å²) >= 11 is 3.28. The van der Waals surface area contributed by atoms with Gasteiger partial charge >= 0.3 is 0 Å². The van der Waals surface area contributed by atoms with Gasteiger partial charge in [-0.25, -0.2) is 0 Å². The Hall–Kier alpha value is -1.66. The Morgan fingerprint density at radius 2 is 2.05 bits per heavy atom. The molecule has 2 heterocycles. The molecule has 6 heteroatoms. The number of thioether (sulfide) groups is 1. The number of anilines is 1. The number of fused-ring (bicyclic) bond motifs is 1. The van der Waals surface area contributed by atoms with E-state index < -0.39 is 0 Å². The maximum absolute atomic E-state index is 4.67. The Balaban J connectivity index is 1.64. The molecule has 0 unspecified atom stereocenters. The van der Waals surface area contributed by atoms with E-state index in [-0.39, 0.29) is 0 Å². The third kappa shape index (κ3) is 3.71. The first-order chi connectivity index (χ1) is 10.3. The summed E-state index contributed by atoms with van der Waals surface area (Å²) in [5.41, 5.74) is 2.11. The van der Waals surface area contributed by atoms with E-state index in [1.165, 1.54) is 5.39 Å². The predicted octanol–water partition coefficient (Wildman–Crippen LogP) is 4.20. The normalized spacial score (nSPS) is 10.9. The first-order valence-corrected chi connectivity index (χ1v) is 8.70. The summed E-state index contributed by atoms with van der Waals surface area (Å²) in [5.74, 6) is 0.813. The summed E-state index contributed by atoms with van der Waals surface area (Å²) in [6.07, 6.45) is 1.09. The van der Waals surface area contributed by atoms with Crippen LogP contribution in [0.5, 0.6) is 0 Å². The molecule has 1 aromatic carbocycles. The molecule has 0 amide bonds. The molecule has 1 N–H and O–H groups in total. The van der Waals surface area contributed by atoms with Crippen LogP contribution in [0.4, 0.5) is 5.13 Å². The zero-order valence-electron chi connectivity index (χ0n) is 11.7. The lowest BCUT2D eigenvalue weighted by Crippen LogP contribution is -1.98. The zero-order chi connectivity index (χ0) is 14.5. The SMILES string of the molecule is CCCNc1nnc(SCc2ccc3ccccc3n2)s1. The first-order valence-electron chi connectivity index (χ1n) is 6.90. The smallest absolute Gasteiger partial charge is 0.206 e. The maximum Gasteiger partial charge on any atom is 0.206 e. The topological polar surface area (TPSA) is 50.7 Å². The van der Waals surface area contributed by atoms with Crippen LogP contribution in [-0.2, 0) is 5.75 Å². The fourth-order valence-corrected chi connectivity index (χ4v) is 3.58. The lowest BCUT2D eigenvalue weighted by molar-refractivity contribution is 0.951. The number of benzene rings is 1. The molecule has 0 bridgehead atoms. The number of nitrogens with one attached hydrogen (secondary N) is 1. The Morgan fingerprint density at radius 1 is 1.14 bits per heavy atom. The first kappa shape index (κ1) is 14.3. The average Bonchev–Trinajstić information content (AvgIpc) is 2.98. The standard InChI is InChI=1S/C15H16N4S2/c1-2-9-16-14-18-19-15(21-14)20-10-12-8-7-11-5-3-4-6-13(11)17-12/h3-8H,2,9-10H2,1H3,(H,16,18). The largest absolute Gasteiger partial charge is 0.360 e. The molecule has 0 saturated carbocycles. The minimum Gasteiger partial charge on any atom is -0.360 e. The Bertz CT molecular complexity index is 726. The summed E-state index contributed by atoms with van der Waals surface area (Å²) in [4.78, 5) is 4.67. The van der Waals surface area contributed by atoms with Crippen LogP contribution in [0.15, 0.2) is 40.7 Å². The van der Waals surface area contributed by atoms with Gasteiger partial charge < -0.3 is 5.32 Å². The van der Waals surface area contributed by atoms with E-state index in [9.17, 15) is 0 Å². The van der Waals surface area contributed by atoms with Gasteiger partial charge in [0.05, 0.1) is 11.2 Å². The Kier molecular flexibility index (Phi) is 4.67. The van der Waals surface area contributed by atoms with Crippen LogP contribution in [0.25, 0.3) is 10.9 Å². The van der Waals surface area contributed by atoms with Gasteiger partial charge in [-0.1, -0.05) is 54.3 Å². The lowest BCUT2D eigenvalue weighted by Gasteiger charge is -2.01. The number of pyridine rings is 1. The number of rotatable bonds is 6. The van der Waals surface area contributed by atoms with Crippen molar-refractivity contribution in [3.63, 3.8) is 0 Å². The number of nitrogens with zero attached hydrogens (tertiary/aromatic N) is 3. The molecule has 108 valence electrons. The van der Waals surface area contributed by atoms with Crippen molar-refractivity contribution in [1.82, 2.24) is 15.2 Å². The number of hydrogen-bond donors (Lipinski definition) is 1. The molecule has 0 radical (unpaired) electrons. The van der Waals surface area contributed by atoms with E-state index in [1.807, 2.05) is 18.2 Å². The molecule has 0 aliphatic rings. The zero-order valence-corrected chi connectivity index (χ0v) is 13.4. The molecule has 0 fully saturated rings. The minimum atomic E-state index is 0.813. The van der Waals surface area contributed by atoms with Crippen molar-refractivity contribution in [3.8, 4) is 0 Å². The number of aromatic nitrogens is 3. The molecule has 4 nitrogen and oxygen atoms in total. The van der Waals surface area contributed by atoms with Gasteiger partial charge in [0.1, 0.15) is 0 Å². The van der Waals surface area contributed by atoms with E-state index in [2.05, 4.69) is 45.6 Å². The minimum absolute atomic E-state index is 0.813. The van der Waals surface area contributed by atoms with Crippen molar-refractivity contribution in [3.05, 3.63) is 42.1 Å². The number of hydrogen-bond acceptors (Lipinski definition) is 6. The van der Waals surface area contributed by atoms with Gasteiger partial charge in [0.2, 0.25) is 5.13 Å². The molecule has 0 aliphatic carbocycles. The number of para-hydroxylation sites is 1. The highest BCUT2D eigenvalue weighted by atomic mass is 32.2. The van der Waals surface area contributed by atoms with Gasteiger partial charge in [0, 0.05) is 17.7 Å². The average molecular weight is 316 g/mol. The van der Waals surface area contributed by atoms with Crippen molar-refractivity contribution in [2.45, 2.75) is 23.4 Å². The van der Waals surface area contributed by atoms with Crippen LogP contribution >= 0.6 is 23.1 Å². The fraction of sp³-hybridized carbons (Fsp3) is 0.267. The Labute approximate surface area is 132 Å².